The van der Waals surface area contributed by atoms with Crippen LogP contribution >= 0.6 is 11.6 Å². The molecule has 1 amide bonds. The maximum Gasteiger partial charge on any atom is 0.255 e. The maximum atomic E-state index is 12.9. The molecule has 1 aromatic carbocycles. The van der Waals surface area contributed by atoms with Crippen molar-refractivity contribution in [2.75, 3.05) is 38.8 Å². The minimum absolute atomic E-state index is 0.158. The van der Waals surface area contributed by atoms with Crippen LogP contribution < -0.4 is 20.1 Å². The number of fused-ring (bicyclic) bond motifs is 1. The number of H-pyrrole nitrogens is 1. The Hall–Kier alpha value is -3.27. The molecule has 184 valence electrons. The van der Waals surface area contributed by atoms with Crippen LogP contribution in [0.1, 0.15) is 23.0 Å². The molecule has 4 heterocycles. The van der Waals surface area contributed by atoms with E-state index in [1.807, 2.05) is 25.1 Å². The zero-order chi connectivity index (χ0) is 24.4. The third-order valence-electron chi connectivity index (χ3n) is 6.13. The second-order valence-corrected chi connectivity index (χ2v) is 8.77. The molecule has 35 heavy (non-hydrogen) atoms. The van der Waals surface area contributed by atoms with Crippen molar-refractivity contribution in [2.24, 2.45) is 0 Å². The van der Waals surface area contributed by atoms with Gasteiger partial charge >= 0.3 is 0 Å². The second kappa shape index (κ2) is 10.2. The van der Waals surface area contributed by atoms with E-state index in [2.05, 4.69) is 20.6 Å². The number of carbonyl (C=O) groups excluding carboxylic acids is 1. The van der Waals surface area contributed by atoms with Crippen LogP contribution in [0, 0.1) is 0 Å². The molecule has 0 radical (unpaired) electrons. The molecule has 2 aliphatic heterocycles. The van der Waals surface area contributed by atoms with Crippen molar-refractivity contribution in [1.82, 2.24) is 15.3 Å². The second-order valence-electron chi connectivity index (χ2n) is 8.36. The predicted octanol–water partition coefficient (Wildman–Crippen LogP) is 3.95. The number of benzene rings is 1. The summed E-state index contributed by atoms with van der Waals surface area (Å²) in [5, 5.41) is 6.78. The fraction of sp³-hybridized carbons (Fsp3) is 0.360. The minimum Gasteiger partial charge on any atom is -0.493 e. The van der Waals surface area contributed by atoms with Gasteiger partial charge in [-0.1, -0.05) is 17.7 Å². The van der Waals surface area contributed by atoms with Gasteiger partial charge in [0.2, 0.25) is 0 Å². The molecule has 0 spiro atoms. The quantitative estimate of drug-likeness (QED) is 0.452. The van der Waals surface area contributed by atoms with E-state index < -0.39 is 0 Å². The van der Waals surface area contributed by atoms with E-state index >= 15 is 0 Å². The number of rotatable bonds is 7. The van der Waals surface area contributed by atoms with Gasteiger partial charge in [0, 0.05) is 30.4 Å². The molecule has 1 unspecified atom stereocenters. The predicted molar refractivity (Wildman–Crippen MR) is 132 cm³/mol. The Morgan fingerprint density at radius 1 is 1.29 bits per heavy atom. The standard InChI is InChI=1S/C25H27ClN4O5/c1-14(20-13-33-10-11-34-20)35-19-12-27-8-6-15(19)22-23(21-17(29-22)7-9-28-25(21)31)30-18-5-3-4-16(26)24(18)32-2/h3-6,8,12,14,20,29-30H,7,9-11,13H2,1-2H3,(H,28,31)/t14?,20-/m0/s1. The Labute approximate surface area is 208 Å². The van der Waals surface area contributed by atoms with Gasteiger partial charge in [0.15, 0.2) is 5.75 Å². The molecule has 10 heteroatoms. The molecule has 3 aromatic rings. The number of aromatic nitrogens is 2. The summed E-state index contributed by atoms with van der Waals surface area (Å²) in [7, 11) is 1.56. The van der Waals surface area contributed by atoms with Crippen LogP contribution in [0.2, 0.25) is 5.02 Å². The zero-order valence-electron chi connectivity index (χ0n) is 19.5. The highest BCUT2D eigenvalue weighted by Crippen LogP contribution is 2.43. The van der Waals surface area contributed by atoms with E-state index in [0.29, 0.717) is 71.9 Å². The number of hydrogen-bond donors (Lipinski definition) is 3. The van der Waals surface area contributed by atoms with Crippen LogP contribution in [0.4, 0.5) is 11.4 Å². The summed E-state index contributed by atoms with van der Waals surface area (Å²) in [5.41, 5.74) is 4.10. The Bertz CT molecular complexity index is 1220. The molecule has 0 bridgehead atoms. The van der Waals surface area contributed by atoms with Crippen molar-refractivity contribution in [3.63, 3.8) is 0 Å². The van der Waals surface area contributed by atoms with Gasteiger partial charge in [-0.15, -0.1) is 0 Å². The summed E-state index contributed by atoms with van der Waals surface area (Å²) in [6, 6.07) is 7.27. The highest BCUT2D eigenvalue weighted by molar-refractivity contribution is 6.32. The van der Waals surface area contributed by atoms with Crippen molar-refractivity contribution in [3.8, 4) is 22.8 Å². The van der Waals surface area contributed by atoms with E-state index in [0.717, 1.165) is 11.3 Å². The Morgan fingerprint density at radius 2 is 2.17 bits per heavy atom. The van der Waals surface area contributed by atoms with E-state index in [1.165, 1.54) is 0 Å². The molecule has 1 saturated heterocycles. The summed E-state index contributed by atoms with van der Waals surface area (Å²) in [6.07, 6.45) is 3.58. The van der Waals surface area contributed by atoms with Gasteiger partial charge in [0.25, 0.3) is 5.91 Å². The molecular weight excluding hydrogens is 472 g/mol. The van der Waals surface area contributed by atoms with Crippen LogP contribution in [0.3, 0.4) is 0 Å². The Balaban J connectivity index is 1.57. The molecule has 2 atom stereocenters. The molecule has 9 nitrogen and oxygen atoms in total. The lowest BCUT2D eigenvalue weighted by atomic mass is 10.0. The smallest absolute Gasteiger partial charge is 0.255 e. The molecule has 0 saturated carbocycles. The van der Waals surface area contributed by atoms with Crippen molar-refractivity contribution < 1.29 is 23.7 Å². The van der Waals surface area contributed by atoms with Crippen LogP contribution in [0.15, 0.2) is 36.7 Å². The monoisotopic (exact) mass is 498 g/mol. The Morgan fingerprint density at radius 3 is 2.97 bits per heavy atom. The first kappa shape index (κ1) is 23.5. The first-order valence-electron chi connectivity index (χ1n) is 11.5. The van der Waals surface area contributed by atoms with E-state index in [4.69, 9.17) is 30.5 Å². The van der Waals surface area contributed by atoms with Crippen LogP contribution in [0.25, 0.3) is 11.3 Å². The molecule has 0 aliphatic carbocycles. The zero-order valence-corrected chi connectivity index (χ0v) is 20.3. The Kier molecular flexibility index (Phi) is 6.81. The fourth-order valence-corrected chi connectivity index (χ4v) is 4.64. The van der Waals surface area contributed by atoms with Gasteiger partial charge in [0.05, 0.1) is 60.8 Å². The third kappa shape index (κ3) is 4.67. The van der Waals surface area contributed by atoms with Gasteiger partial charge in [-0.3, -0.25) is 9.78 Å². The SMILES string of the molecule is COc1c(Cl)cccc1Nc1c(-c2ccncc2OC(C)[C@@H]2COCCO2)[nH]c2c1C(=O)NCC2. The number of aromatic amines is 1. The molecule has 5 rings (SSSR count). The molecule has 2 aliphatic rings. The number of anilines is 2. The number of carbonyl (C=O) groups is 1. The minimum atomic E-state index is -0.268. The number of hydrogen-bond acceptors (Lipinski definition) is 7. The summed E-state index contributed by atoms with van der Waals surface area (Å²) >= 11 is 6.35. The number of amides is 1. The topological polar surface area (TPSA) is 107 Å². The highest BCUT2D eigenvalue weighted by atomic mass is 35.5. The average molecular weight is 499 g/mol. The van der Waals surface area contributed by atoms with Gasteiger partial charge in [-0.05, 0) is 25.1 Å². The third-order valence-corrected chi connectivity index (χ3v) is 6.43. The van der Waals surface area contributed by atoms with Crippen molar-refractivity contribution in [3.05, 3.63) is 52.9 Å². The van der Waals surface area contributed by atoms with Gasteiger partial charge in [-0.2, -0.15) is 0 Å². The largest absolute Gasteiger partial charge is 0.493 e. The highest BCUT2D eigenvalue weighted by Gasteiger charge is 2.30. The van der Waals surface area contributed by atoms with Crippen molar-refractivity contribution in [2.45, 2.75) is 25.6 Å². The molecule has 2 aromatic heterocycles. The number of pyridine rings is 1. The molecule has 3 N–H and O–H groups in total. The van der Waals surface area contributed by atoms with E-state index in [-0.39, 0.29) is 18.1 Å². The lowest BCUT2D eigenvalue weighted by Crippen LogP contribution is -2.40. The maximum absolute atomic E-state index is 12.9. The van der Waals surface area contributed by atoms with Crippen LogP contribution in [-0.4, -0.2) is 61.6 Å². The number of methoxy groups -OCH3 is 1. The normalized spacial score (nSPS) is 18.4. The number of halogens is 1. The number of nitrogens with zero attached hydrogens (tertiary/aromatic N) is 1. The number of nitrogens with one attached hydrogen (secondary N) is 3. The average Bonchev–Trinajstić information content (AvgIpc) is 3.24. The summed E-state index contributed by atoms with van der Waals surface area (Å²) in [5.74, 6) is 0.893. The molecular formula is C25H27ClN4O5. The first-order chi connectivity index (χ1) is 17.1. The van der Waals surface area contributed by atoms with Gasteiger partial charge in [-0.25, -0.2) is 0 Å². The van der Waals surface area contributed by atoms with Crippen molar-refractivity contribution in [1.29, 1.82) is 0 Å². The molecule has 1 fully saturated rings. The van der Waals surface area contributed by atoms with E-state index in [1.54, 1.807) is 25.6 Å². The summed E-state index contributed by atoms with van der Waals surface area (Å²) in [4.78, 5) is 20.7. The fourth-order valence-electron chi connectivity index (χ4n) is 4.39. The summed E-state index contributed by atoms with van der Waals surface area (Å²) < 4.78 is 23.2. The van der Waals surface area contributed by atoms with Gasteiger partial charge < -0.3 is 34.6 Å². The number of ether oxygens (including phenoxy) is 4. The van der Waals surface area contributed by atoms with E-state index in [9.17, 15) is 4.79 Å². The van der Waals surface area contributed by atoms with Crippen molar-refractivity contribution >= 4 is 28.9 Å². The lowest BCUT2D eigenvalue weighted by Gasteiger charge is -2.29. The number of para-hydroxylation sites is 1. The lowest BCUT2D eigenvalue weighted by molar-refractivity contribution is -0.122. The van der Waals surface area contributed by atoms with Crippen LogP contribution in [0.5, 0.6) is 11.5 Å². The summed E-state index contributed by atoms with van der Waals surface area (Å²) in [6.45, 7) is 4.08. The first-order valence-corrected chi connectivity index (χ1v) is 11.9. The van der Waals surface area contributed by atoms with Gasteiger partial charge in [0.1, 0.15) is 18.0 Å². The van der Waals surface area contributed by atoms with Crippen LogP contribution in [-0.2, 0) is 15.9 Å².